The second kappa shape index (κ2) is 15.0. The standard InChI is InChI=1S/C19H16F3N3O2.C5H9NO.C2H4/c1-12-6-7-23-19(15(20)8-12)25-11-16(26)24(10-17(25)27)9-13-2-4-14(5-3-13)18(21)22;1-2-3-5(6)4-7;1-2/h2-5,7-8,18H,9-11H2,1H3;2-3,6H2,1H3;1-2H2. The van der Waals surface area contributed by atoms with Crippen LogP contribution >= 0.6 is 0 Å². The number of nitrogens with two attached hydrogens (primary N) is 1. The fourth-order valence-corrected chi connectivity index (χ4v) is 3.06. The Morgan fingerprint density at radius 1 is 1.19 bits per heavy atom. The highest BCUT2D eigenvalue weighted by atomic mass is 19.3. The molecule has 1 saturated heterocycles. The third kappa shape index (κ3) is 8.91. The Morgan fingerprint density at radius 2 is 1.83 bits per heavy atom. The highest BCUT2D eigenvalue weighted by molar-refractivity contribution is 6.11. The number of nitrogens with zero attached hydrogens (tertiary/aromatic N) is 3. The maximum absolute atomic E-state index is 14.3. The van der Waals surface area contributed by atoms with Crippen LogP contribution in [0.5, 0.6) is 0 Å². The minimum Gasteiger partial charge on any atom is -0.393 e. The lowest BCUT2D eigenvalue weighted by molar-refractivity contribution is -0.147. The molecule has 1 fully saturated rings. The number of alkyl halides is 2. The van der Waals surface area contributed by atoms with E-state index in [9.17, 15) is 27.6 Å². The zero-order valence-electron chi connectivity index (χ0n) is 20.3. The van der Waals surface area contributed by atoms with E-state index in [-0.39, 0.29) is 36.9 Å². The second-order valence-corrected chi connectivity index (χ2v) is 7.55. The van der Waals surface area contributed by atoms with Crippen molar-refractivity contribution in [1.82, 2.24) is 9.80 Å². The Labute approximate surface area is 208 Å². The Balaban J connectivity index is 0.000000623. The first-order chi connectivity index (χ1) is 17.2. The van der Waals surface area contributed by atoms with Gasteiger partial charge in [0.2, 0.25) is 11.8 Å². The number of carbonyl (C=O) groups is 2. The van der Waals surface area contributed by atoms with Crippen molar-refractivity contribution in [2.45, 2.75) is 39.7 Å². The summed E-state index contributed by atoms with van der Waals surface area (Å²) in [6.07, 6.45) is 1.46. The highest BCUT2D eigenvalue weighted by Gasteiger charge is 2.34. The maximum Gasteiger partial charge on any atom is 0.263 e. The molecule has 10 heteroatoms. The molecular formula is C26H29F3N4O3. The van der Waals surface area contributed by atoms with Crippen LogP contribution in [0.3, 0.4) is 0 Å². The molecule has 7 nitrogen and oxygen atoms in total. The van der Waals surface area contributed by atoms with E-state index in [2.05, 4.69) is 23.9 Å². The van der Waals surface area contributed by atoms with Gasteiger partial charge in [0.1, 0.15) is 19.0 Å². The van der Waals surface area contributed by atoms with Gasteiger partial charge in [-0.1, -0.05) is 36.9 Å². The van der Waals surface area contributed by atoms with Gasteiger partial charge in [0.15, 0.2) is 11.7 Å². The van der Waals surface area contributed by atoms with Gasteiger partial charge in [0.05, 0.1) is 11.9 Å². The average molecular weight is 503 g/mol. The lowest BCUT2D eigenvalue weighted by Crippen LogP contribution is -2.55. The van der Waals surface area contributed by atoms with E-state index >= 15 is 0 Å². The first kappa shape index (κ1) is 29.9. The van der Waals surface area contributed by atoms with Crippen LogP contribution in [0.25, 0.3) is 0 Å². The maximum atomic E-state index is 14.3. The van der Waals surface area contributed by atoms with Crippen LogP contribution in [0.4, 0.5) is 13.2 Å². The summed E-state index contributed by atoms with van der Waals surface area (Å²) in [7, 11) is 0. The number of piperazine rings is 1. The van der Waals surface area contributed by atoms with E-state index in [1.807, 2.05) is 6.92 Å². The molecule has 1 aromatic rings. The van der Waals surface area contributed by atoms with Gasteiger partial charge in [-0.2, -0.15) is 0 Å². The number of rotatable bonds is 5. The molecule has 0 atom stereocenters. The van der Waals surface area contributed by atoms with E-state index in [0.29, 0.717) is 23.3 Å². The number of halogens is 3. The predicted octanol–water partition coefficient (Wildman–Crippen LogP) is 4.38. The SMILES string of the molecule is C=C.CC1=C=CN=C(N2CC(=O)N(Cc3ccc(C(F)F)cc3)CC2=O)C(F)=C1.CCCC(N)=C=O. The van der Waals surface area contributed by atoms with E-state index < -0.39 is 18.2 Å². The summed E-state index contributed by atoms with van der Waals surface area (Å²) >= 11 is 0. The van der Waals surface area contributed by atoms with Crippen LogP contribution in [0, 0.1) is 0 Å². The van der Waals surface area contributed by atoms with Crippen molar-refractivity contribution in [2.75, 3.05) is 13.1 Å². The van der Waals surface area contributed by atoms with Gasteiger partial charge >= 0.3 is 0 Å². The fourth-order valence-electron chi connectivity index (χ4n) is 3.06. The summed E-state index contributed by atoms with van der Waals surface area (Å²) in [4.78, 5) is 40.6. The lowest BCUT2D eigenvalue weighted by Gasteiger charge is -2.33. The van der Waals surface area contributed by atoms with Crippen LogP contribution in [-0.4, -0.2) is 46.5 Å². The number of amides is 2. The topological polar surface area (TPSA) is 96.1 Å². The average Bonchev–Trinajstić information content (AvgIpc) is 3.02. The van der Waals surface area contributed by atoms with Crippen LogP contribution in [0.2, 0.25) is 0 Å². The Kier molecular flexibility index (Phi) is 12.4. The Morgan fingerprint density at radius 3 is 2.36 bits per heavy atom. The molecule has 0 aliphatic carbocycles. The quantitative estimate of drug-likeness (QED) is 0.367. The van der Waals surface area contributed by atoms with E-state index in [4.69, 9.17) is 5.73 Å². The third-order valence-electron chi connectivity index (χ3n) is 4.82. The zero-order valence-corrected chi connectivity index (χ0v) is 20.3. The summed E-state index contributed by atoms with van der Waals surface area (Å²) in [5.74, 6) is -0.196. The van der Waals surface area contributed by atoms with Crippen LogP contribution in [-0.2, 0) is 20.9 Å². The van der Waals surface area contributed by atoms with Crippen molar-refractivity contribution in [3.05, 3.63) is 83.7 Å². The largest absolute Gasteiger partial charge is 0.393 e. The lowest BCUT2D eigenvalue weighted by atomic mass is 10.1. The fraction of sp³-hybridized carbons (Fsp3) is 0.308. The summed E-state index contributed by atoms with van der Waals surface area (Å²) in [6.45, 7) is 9.11. The molecule has 2 N–H and O–H groups in total. The molecule has 0 radical (unpaired) electrons. The minimum atomic E-state index is -2.57. The van der Waals surface area contributed by atoms with Crippen molar-refractivity contribution >= 4 is 23.6 Å². The van der Waals surface area contributed by atoms with E-state index in [1.54, 1.807) is 12.9 Å². The predicted molar refractivity (Wildman–Crippen MR) is 132 cm³/mol. The molecule has 0 bridgehead atoms. The van der Waals surface area contributed by atoms with E-state index in [0.717, 1.165) is 11.3 Å². The monoisotopic (exact) mass is 502 g/mol. The van der Waals surface area contributed by atoms with Crippen molar-refractivity contribution in [1.29, 1.82) is 0 Å². The normalized spacial score (nSPS) is 14.9. The molecule has 2 heterocycles. The molecule has 1 aromatic carbocycles. The minimum absolute atomic E-state index is 0.104. The number of allylic oxidation sites excluding steroid dienone is 3. The van der Waals surface area contributed by atoms with Gasteiger partial charge in [-0.05, 0) is 37.0 Å². The number of amidine groups is 1. The molecule has 2 aliphatic rings. The summed E-state index contributed by atoms with van der Waals surface area (Å²) in [5.41, 5.74) is 9.14. The van der Waals surface area contributed by atoms with E-state index in [1.165, 1.54) is 41.4 Å². The van der Waals surface area contributed by atoms with Crippen molar-refractivity contribution in [3.8, 4) is 0 Å². The molecule has 0 saturated carbocycles. The van der Waals surface area contributed by atoms with Crippen molar-refractivity contribution in [3.63, 3.8) is 0 Å². The van der Waals surface area contributed by atoms with Gasteiger partial charge < -0.3 is 10.6 Å². The molecule has 192 valence electrons. The molecule has 0 unspecified atom stereocenters. The molecule has 2 aliphatic heterocycles. The number of carbonyl (C=O) groups excluding carboxylic acids is 3. The Bertz CT molecular complexity index is 1110. The van der Waals surface area contributed by atoms with Gasteiger partial charge in [-0.25, -0.2) is 23.0 Å². The number of benzene rings is 1. The summed E-state index contributed by atoms with van der Waals surface area (Å²) in [5, 5.41) is 0. The van der Waals surface area contributed by atoms with Crippen LogP contribution in [0.15, 0.2) is 77.5 Å². The second-order valence-electron chi connectivity index (χ2n) is 7.55. The zero-order chi connectivity index (χ0) is 27.3. The molecular weight excluding hydrogens is 473 g/mol. The molecule has 2 amide bonds. The molecule has 0 spiro atoms. The number of hydrogen-bond donors (Lipinski definition) is 1. The van der Waals surface area contributed by atoms with Gasteiger partial charge in [0.25, 0.3) is 6.43 Å². The van der Waals surface area contributed by atoms with Crippen LogP contribution < -0.4 is 5.73 Å². The Hall–Kier alpha value is -4.13. The van der Waals surface area contributed by atoms with Gasteiger partial charge in [-0.15, -0.1) is 13.2 Å². The first-order valence-electron chi connectivity index (χ1n) is 11.0. The highest BCUT2D eigenvalue weighted by Crippen LogP contribution is 2.21. The summed E-state index contributed by atoms with van der Waals surface area (Å²) in [6, 6.07) is 5.54. The number of hydrogen-bond acceptors (Lipinski definition) is 5. The molecule has 0 aromatic heterocycles. The van der Waals surface area contributed by atoms with Gasteiger partial charge in [0, 0.05) is 12.1 Å². The molecule has 3 rings (SSSR count). The third-order valence-corrected chi connectivity index (χ3v) is 4.82. The summed E-state index contributed by atoms with van der Waals surface area (Å²) < 4.78 is 39.5. The van der Waals surface area contributed by atoms with Gasteiger partial charge in [-0.3, -0.25) is 14.5 Å². The number of aliphatic imine (C=N–C) groups is 1. The first-order valence-corrected chi connectivity index (χ1v) is 11.0. The smallest absolute Gasteiger partial charge is 0.263 e. The van der Waals surface area contributed by atoms with Crippen molar-refractivity contribution in [2.24, 2.45) is 10.7 Å². The molecule has 36 heavy (non-hydrogen) atoms. The van der Waals surface area contributed by atoms with Crippen molar-refractivity contribution < 1.29 is 27.6 Å². The van der Waals surface area contributed by atoms with Crippen LogP contribution in [0.1, 0.15) is 44.2 Å².